The molecule has 1 saturated carbocycles. The lowest BCUT2D eigenvalue weighted by Gasteiger charge is -2.35. The molecular weight excluding hydrogens is 280 g/mol. The lowest BCUT2D eigenvalue weighted by atomic mass is 9.73. The topological polar surface area (TPSA) is 24.4 Å². The average molecular weight is 319 g/mol. The molecule has 2 heteroatoms. The molecule has 2 nitrogen and oxygen atoms in total. The fourth-order valence-corrected chi connectivity index (χ4v) is 4.79. The summed E-state index contributed by atoms with van der Waals surface area (Å²) < 4.78 is 0. The summed E-state index contributed by atoms with van der Waals surface area (Å²) in [6.07, 6.45) is 12.0. The lowest BCUT2D eigenvalue weighted by molar-refractivity contribution is 0.273. The van der Waals surface area contributed by atoms with E-state index in [1.807, 2.05) is 0 Å². The van der Waals surface area contributed by atoms with E-state index in [9.17, 15) is 0 Å². The van der Waals surface area contributed by atoms with Crippen LogP contribution in [0.1, 0.15) is 92.4 Å². The van der Waals surface area contributed by atoms with Gasteiger partial charge in [-0.25, -0.2) is 0 Å². The van der Waals surface area contributed by atoms with E-state index in [4.69, 9.17) is 5.10 Å². The molecule has 1 fully saturated rings. The van der Waals surface area contributed by atoms with Gasteiger partial charge in [-0.2, -0.15) is 5.10 Å². The van der Waals surface area contributed by atoms with E-state index >= 15 is 0 Å². The summed E-state index contributed by atoms with van der Waals surface area (Å²) in [5, 5.41) is 4.78. The standard InChI is InChI=1S/C21H38N2/c1-6-9-15(3)18-11-8-12-20-19(14-13-18)17(5)22-23-21(20)16(4)10-7-2/h15-16,18,20,22H,6-14H2,1-5H3. The fourth-order valence-electron chi connectivity index (χ4n) is 4.79. The Bertz CT molecular complexity index is 435. The molecule has 0 spiro atoms. The molecule has 0 radical (unpaired) electrons. The SMILES string of the molecule is CCCC(C)C1=NNC(C)=C2CCC(C(C)CCC)CCCC12. The number of allylic oxidation sites excluding steroid dienone is 2. The Labute approximate surface area is 144 Å². The minimum Gasteiger partial charge on any atom is -0.283 e. The molecule has 0 aromatic rings. The Hall–Kier alpha value is -0.790. The molecule has 0 amide bonds. The van der Waals surface area contributed by atoms with E-state index in [0.717, 1.165) is 11.8 Å². The first-order valence-corrected chi connectivity index (χ1v) is 10.1. The number of hydrazone groups is 1. The Morgan fingerprint density at radius 2 is 1.83 bits per heavy atom. The molecule has 4 atom stereocenters. The number of nitrogens with zero attached hydrogens (tertiary/aromatic N) is 1. The van der Waals surface area contributed by atoms with Crippen molar-refractivity contribution in [2.75, 3.05) is 0 Å². The summed E-state index contributed by atoms with van der Waals surface area (Å²) in [6, 6.07) is 0. The van der Waals surface area contributed by atoms with Crippen molar-refractivity contribution < 1.29 is 0 Å². The van der Waals surface area contributed by atoms with Gasteiger partial charge in [-0.15, -0.1) is 0 Å². The zero-order valence-corrected chi connectivity index (χ0v) is 16.1. The maximum atomic E-state index is 4.78. The third-order valence-corrected chi connectivity index (χ3v) is 6.24. The second-order valence-corrected chi connectivity index (χ2v) is 8.04. The van der Waals surface area contributed by atoms with Crippen molar-refractivity contribution in [3.8, 4) is 0 Å². The van der Waals surface area contributed by atoms with Crippen LogP contribution in [-0.4, -0.2) is 5.71 Å². The van der Waals surface area contributed by atoms with Crippen LogP contribution in [0.5, 0.6) is 0 Å². The molecule has 1 N–H and O–H groups in total. The molecule has 132 valence electrons. The molecule has 1 heterocycles. The summed E-state index contributed by atoms with van der Waals surface area (Å²) >= 11 is 0. The number of rotatable bonds is 6. The molecule has 1 aliphatic carbocycles. The first-order valence-electron chi connectivity index (χ1n) is 10.1. The number of hydrogen-bond donors (Lipinski definition) is 1. The molecule has 23 heavy (non-hydrogen) atoms. The van der Waals surface area contributed by atoms with Crippen LogP contribution >= 0.6 is 0 Å². The van der Waals surface area contributed by atoms with E-state index in [0.29, 0.717) is 11.8 Å². The number of fused-ring (bicyclic) bond motifs is 1. The van der Waals surface area contributed by atoms with Gasteiger partial charge in [-0.3, -0.25) is 5.43 Å². The van der Waals surface area contributed by atoms with Gasteiger partial charge in [-0.1, -0.05) is 59.8 Å². The molecule has 0 saturated heterocycles. The molecule has 0 aromatic carbocycles. The maximum absolute atomic E-state index is 4.78. The van der Waals surface area contributed by atoms with Crippen molar-refractivity contribution in [3.05, 3.63) is 11.3 Å². The Balaban J connectivity index is 2.09. The van der Waals surface area contributed by atoms with Gasteiger partial charge < -0.3 is 0 Å². The first kappa shape index (κ1) is 18.5. The first-order chi connectivity index (χ1) is 11.1. The lowest BCUT2D eigenvalue weighted by Crippen LogP contribution is -2.33. The molecule has 4 unspecified atom stereocenters. The highest BCUT2D eigenvalue weighted by Gasteiger charge is 2.31. The zero-order valence-electron chi connectivity index (χ0n) is 16.1. The van der Waals surface area contributed by atoms with E-state index < -0.39 is 0 Å². The monoisotopic (exact) mass is 318 g/mol. The van der Waals surface area contributed by atoms with Crippen LogP contribution in [-0.2, 0) is 0 Å². The summed E-state index contributed by atoms with van der Waals surface area (Å²) in [4.78, 5) is 0. The van der Waals surface area contributed by atoms with Crippen LogP contribution in [0.2, 0.25) is 0 Å². The average Bonchev–Trinajstić information content (AvgIpc) is 2.49. The van der Waals surface area contributed by atoms with Gasteiger partial charge in [0, 0.05) is 17.3 Å². The summed E-state index contributed by atoms with van der Waals surface area (Å²) in [5.41, 5.74) is 7.80. The van der Waals surface area contributed by atoms with E-state index in [1.165, 1.54) is 69.2 Å². The highest BCUT2D eigenvalue weighted by molar-refractivity contribution is 5.91. The molecule has 0 aromatic heterocycles. The third-order valence-electron chi connectivity index (χ3n) is 6.24. The molecule has 0 bridgehead atoms. The van der Waals surface area contributed by atoms with Crippen LogP contribution in [0.4, 0.5) is 0 Å². The zero-order chi connectivity index (χ0) is 16.8. The van der Waals surface area contributed by atoms with Crippen molar-refractivity contribution in [2.24, 2.45) is 28.8 Å². The second kappa shape index (κ2) is 8.89. The van der Waals surface area contributed by atoms with Gasteiger partial charge in [-0.05, 0) is 55.9 Å². The van der Waals surface area contributed by atoms with E-state index in [2.05, 4.69) is 40.0 Å². The van der Waals surface area contributed by atoms with Gasteiger partial charge in [0.05, 0.1) is 0 Å². The van der Waals surface area contributed by atoms with Gasteiger partial charge in [0.15, 0.2) is 0 Å². The highest BCUT2D eigenvalue weighted by atomic mass is 15.3. The maximum Gasteiger partial charge on any atom is 0.0482 e. The van der Waals surface area contributed by atoms with Crippen LogP contribution in [0.3, 0.4) is 0 Å². The van der Waals surface area contributed by atoms with E-state index in [1.54, 1.807) is 5.57 Å². The predicted octanol–water partition coefficient (Wildman–Crippen LogP) is 6.29. The van der Waals surface area contributed by atoms with Gasteiger partial charge >= 0.3 is 0 Å². The van der Waals surface area contributed by atoms with Gasteiger partial charge in [0.25, 0.3) is 0 Å². The minimum absolute atomic E-state index is 0.620. The smallest absolute Gasteiger partial charge is 0.0482 e. The minimum atomic E-state index is 0.620. The summed E-state index contributed by atoms with van der Waals surface area (Å²) in [5.74, 6) is 3.06. The highest BCUT2D eigenvalue weighted by Crippen LogP contribution is 2.39. The van der Waals surface area contributed by atoms with Gasteiger partial charge in [0.2, 0.25) is 0 Å². The van der Waals surface area contributed by atoms with Crippen molar-refractivity contribution in [2.45, 2.75) is 92.4 Å². The number of hydrogen-bond acceptors (Lipinski definition) is 2. The Kier molecular flexibility index (Phi) is 7.17. The van der Waals surface area contributed by atoms with Crippen LogP contribution in [0.15, 0.2) is 16.4 Å². The van der Waals surface area contributed by atoms with Crippen molar-refractivity contribution >= 4 is 5.71 Å². The van der Waals surface area contributed by atoms with Crippen LogP contribution < -0.4 is 5.43 Å². The van der Waals surface area contributed by atoms with Crippen LogP contribution in [0.25, 0.3) is 0 Å². The third kappa shape index (κ3) is 4.61. The quantitative estimate of drug-likeness (QED) is 0.611. The molecule has 2 rings (SSSR count). The largest absolute Gasteiger partial charge is 0.283 e. The van der Waals surface area contributed by atoms with Crippen molar-refractivity contribution in [1.82, 2.24) is 5.43 Å². The van der Waals surface area contributed by atoms with E-state index in [-0.39, 0.29) is 0 Å². The molecular formula is C21H38N2. The normalized spacial score (nSPS) is 28.1. The Morgan fingerprint density at radius 3 is 2.52 bits per heavy atom. The summed E-state index contributed by atoms with van der Waals surface area (Å²) in [6.45, 7) is 11.7. The second-order valence-electron chi connectivity index (χ2n) is 8.04. The van der Waals surface area contributed by atoms with Crippen molar-refractivity contribution in [1.29, 1.82) is 0 Å². The van der Waals surface area contributed by atoms with Crippen molar-refractivity contribution in [3.63, 3.8) is 0 Å². The molecule has 1 aliphatic heterocycles. The number of nitrogens with one attached hydrogen (secondary N) is 1. The summed E-state index contributed by atoms with van der Waals surface area (Å²) in [7, 11) is 0. The fraction of sp³-hybridized carbons (Fsp3) is 0.857. The van der Waals surface area contributed by atoms with Gasteiger partial charge in [0.1, 0.15) is 0 Å². The van der Waals surface area contributed by atoms with Crippen LogP contribution in [0, 0.1) is 23.7 Å². The predicted molar refractivity (Wildman–Crippen MR) is 101 cm³/mol. The molecule has 2 aliphatic rings. The Morgan fingerprint density at radius 1 is 1.09 bits per heavy atom.